The van der Waals surface area contributed by atoms with E-state index < -0.39 is 34.9 Å². The lowest BCUT2D eigenvalue weighted by molar-refractivity contribution is -0.136. The van der Waals surface area contributed by atoms with Crippen LogP contribution in [0.15, 0.2) is 58.4 Å². The van der Waals surface area contributed by atoms with E-state index in [1.165, 1.54) is 41.0 Å². The van der Waals surface area contributed by atoms with E-state index in [0.29, 0.717) is 53.0 Å². The molecule has 6 rings (SSSR count). The molecule has 3 aliphatic rings. The molecule has 1 N–H and O–H groups in total. The molecule has 11 nitrogen and oxygen atoms in total. The van der Waals surface area contributed by atoms with Gasteiger partial charge in [0.2, 0.25) is 17.7 Å². The normalized spacial score (nSPS) is 21.7. The second-order valence-electron chi connectivity index (χ2n) is 10.0. The second-order valence-corrected chi connectivity index (χ2v) is 12.2. The minimum absolute atomic E-state index is 0.0414. The molecule has 42 heavy (non-hydrogen) atoms. The van der Waals surface area contributed by atoms with Crippen molar-refractivity contribution < 1.29 is 33.8 Å². The number of esters is 1. The number of morpholine rings is 1. The van der Waals surface area contributed by atoms with Crippen molar-refractivity contribution in [2.45, 2.75) is 29.7 Å². The van der Waals surface area contributed by atoms with Crippen LogP contribution in [0.2, 0.25) is 0 Å². The van der Waals surface area contributed by atoms with Crippen LogP contribution in [0.3, 0.4) is 0 Å². The zero-order valence-electron chi connectivity index (χ0n) is 22.6. The summed E-state index contributed by atoms with van der Waals surface area (Å²) < 4.78 is 11.8. The number of nitrogens with zero attached hydrogens (tertiary/aromatic N) is 3. The summed E-state index contributed by atoms with van der Waals surface area (Å²) >= 11 is 2.10. The van der Waals surface area contributed by atoms with Crippen LogP contribution in [-0.4, -0.2) is 76.4 Å². The predicted octanol–water partition coefficient (Wildman–Crippen LogP) is 2.45. The number of thioether (sulfide) groups is 1. The number of aromatic hydroxyl groups is 1. The molecule has 0 aliphatic carbocycles. The largest absolute Gasteiger partial charge is 0.508 e. The molecule has 2 aromatic carbocycles. The smallest absolute Gasteiger partial charge is 0.338 e. The Labute approximate surface area is 248 Å². The van der Waals surface area contributed by atoms with Crippen molar-refractivity contribution >= 4 is 52.5 Å². The molecule has 0 unspecified atom stereocenters. The Hall–Kier alpha value is -3.94. The van der Waals surface area contributed by atoms with Crippen LogP contribution in [0.5, 0.6) is 5.75 Å². The Bertz CT molecular complexity index is 1610. The number of aromatic nitrogens is 1. The van der Waals surface area contributed by atoms with Crippen LogP contribution in [-0.2, 0) is 30.4 Å². The van der Waals surface area contributed by atoms with Crippen LogP contribution in [0.1, 0.15) is 33.6 Å². The fourth-order valence-corrected chi connectivity index (χ4v) is 8.33. The summed E-state index contributed by atoms with van der Waals surface area (Å²) in [4.78, 5) is 69.4. The zero-order valence-corrected chi connectivity index (χ0v) is 24.2. The van der Waals surface area contributed by atoms with Gasteiger partial charge in [0.15, 0.2) is 0 Å². The first kappa shape index (κ1) is 28.2. The van der Waals surface area contributed by atoms with Gasteiger partial charge >= 0.3 is 10.8 Å². The van der Waals surface area contributed by atoms with Crippen LogP contribution in [0.4, 0.5) is 5.69 Å². The third-order valence-electron chi connectivity index (χ3n) is 7.60. The zero-order chi connectivity index (χ0) is 29.5. The molecule has 3 atom stereocenters. The monoisotopic (exact) mass is 609 g/mol. The number of thiazole rings is 1. The summed E-state index contributed by atoms with van der Waals surface area (Å²) in [5.74, 6) is -3.04. The fourth-order valence-electron chi connectivity index (χ4n) is 5.56. The van der Waals surface area contributed by atoms with Crippen molar-refractivity contribution in [2.75, 3.05) is 37.8 Å². The molecular formula is C29H27N3O8S2. The number of fused-ring (bicyclic) bond motifs is 2. The van der Waals surface area contributed by atoms with Gasteiger partial charge in [-0.15, -0.1) is 0 Å². The Morgan fingerprint density at radius 1 is 1.00 bits per heavy atom. The maximum Gasteiger partial charge on any atom is 0.338 e. The molecule has 3 aromatic rings. The van der Waals surface area contributed by atoms with Crippen molar-refractivity contribution in [3.05, 3.63) is 74.2 Å². The first-order valence-corrected chi connectivity index (χ1v) is 15.2. The van der Waals surface area contributed by atoms with E-state index in [-0.39, 0.29) is 29.7 Å². The fraction of sp³-hybridized carbons (Fsp3) is 0.345. The maximum absolute atomic E-state index is 14.0. The molecule has 218 valence electrons. The lowest BCUT2D eigenvalue weighted by Gasteiger charge is -2.31. The molecule has 4 heterocycles. The molecule has 0 spiro atoms. The first-order chi connectivity index (χ1) is 20.3. The number of phenols is 1. The maximum atomic E-state index is 14.0. The number of benzene rings is 2. The number of hydrogen-bond donors (Lipinski definition) is 1. The number of imide groups is 1. The number of phenolic OH excluding ortho intramolecular Hbond substituents is 1. The van der Waals surface area contributed by atoms with Crippen LogP contribution < -0.4 is 9.77 Å². The van der Waals surface area contributed by atoms with Crippen molar-refractivity contribution in [3.63, 3.8) is 0 Å². The number of rotatable bonds is 6. The average molecular weight is 610 g/mol. The number of hydrogen-bond acceptors (Lipinski definition) is 10. The van der Waals surface area contributed by atoms with Crippen molar-refractivity contribution in [3.8, 4) is 5.75 Å². The van der Waals surface area contributed by atoms with Gasteiger partial charge in [0, 0.05) is 23.9 Å². The highest BCUT2D eigenvalue weighted by Crippen LogP contribution is 2.54. The quantitative estimate of drug-likeness (QED) is 0.330. The number of amides is 3. The number of carbonyl (C=O) groups excluding carboxylic acids is 4. The van der Waals surface area contributed by atoms with E-state index in [2.05, 4.69) is 0 Å². The molecule has 0 bridgehead atoms. The number of carbonyl (C=O) groups is 4. The van der Waals surface area contributed by atoms with Gasteiger partial charge in [-0.1, -0.05) is 35.2 Å². The number of ether oxygens (including phenoxy) is 2. The summed E-state index contributed by atoms with van der Waals surface area (Å²) in [5.41, 5.74) is 1.28. The van der Waals surface area contributed by atoms with E-state index in [1.54, 1.807) is 24.0 Å². The van der Waals surface area contributed by atoms with Crippen molar-refractivity contribution in [1.82, 2.24) is 9.47 Å². The second kappa shape index (κ2) is 11.4. The summed E-state index contributed by atoms with van der Waals surface area (Å²) in [6, 6.07) is 12.4. The summed E-state index contributed by atoms with van der Waals surface area (Å²) in [7, 11) is 0. The number of anilines is 1. The molecule has 2 fully saturated rings. The highest BCUT2D eigenvalue weighted by molar-refractivity contribution is 8.00. The molecule has 0 radical (unpaired) electrons. The van der Waals surface area contributed by atoms with Gasteiger partial charge in [0.05, 0.1) is 42.0 Å². The van der Waals surface area contributed by atoms with Gasteiger partial charge in [0.1, 0.15) is 17.5 Å². The molecule has 1 aromatic heterocycles. The molecule has 13 heteroatoms. The topological polar surface area (TPSA) is 135 Å². The Morgan fingerprint density at radius 3 is 2.36 bits per heavy atom. The first-order valence-electron chi connectivity index (χ1n) is 13.5. The minimum Gasteiger partial charge on any atom is -0.508 e. The SMILES string of the molecule is CCOC(=O)c1ccc(N2C(=O)[C@@H]3[C@H](c4ccc(O)cc4)c4sc(=O)n(CC(=O)N5CCOCC5)c4S[C@@H]3C2=O)cc1. The van der Waals surface area contributed by atoms with E-state index in [9.17, 15) is 29.1 Å². The summed E-state index contributed by atoms with van der Waals surface area (Å²) in [6.07, 6.45) is 0. The van der Waals surface area contributed by atoms with E-state index >= 15 is 0 Å². The Kier molecular flexibility index (Phi) is 7.64. The Morgan fingerprint density at radius 2 is 1.69 bits per heavy atom. The van der Waals surface area contributed by atoms with Gasteiger partial charge in [-0.05, 0) is 48.9 Å². The molecule has 2 saturated heterocycles. The third kappa shape index (κ3) is 4.91. The van der Waals surface area contributed by atoms with Gasteiger partial charge in [-0.2, -0.15) is 0 Å². The predicted molar refractivity (Wildman–Crippen MR) is 154 cm³/mol. The Balaban J connectivity index is 1.38. The van der Waals surface area contributed by atoms with Crippen LogP contribution in [0.25, 0.3) is 0 Å². The lowest BCUT2D eigenvalue weighted by atomic mass is 9.83. The molecular weight excluding hydrogens is 582 g/mol. The lowest BCUT2D eigenvalue weighted by Crippen LogP contribution is -2.43. The molecule has 0 saturated carbocycles. The van der Waals surface area contributed by atoms with Gasteiger partial charge in [0.25, 0.3) is 0 Å². The summed E-state index contributed by atoms with van der Waals surface area (Å²) in [5, 5.41) is 9.56. The van der Waals surface area contributed by atoms with Gasteiger partial charge < -0.3 is 19.5 Å². The minimum atomic E-state index is -0.854. The van der Waals surface area contributed by atoms with Gasteiger partial charge in [-0.3, -0.25) is 23.7 Å². The molecule has 3 amide bonds. The van der Waals surface area contributed by atoms with E-state index in [0.717, 1.165) is 28.0 Å². The van der Waals surface area contributed by atoms with E-state index in [1.807, 2.05) is 0 Å². The van der Waals surface area contributed by atoms with Gasteiger partial charge in [-0.25, -0.2) is 9.69 Å². The third-order valence-corrected chi connectivity index (χ3v) is 10.2. The highest BCUT2D eigenvalue weighted by Gasteiger charge is 2.56. The summed E-state index contributed by atoms with van der Waals surface area (Å²) in [6.45, 7) is 3.47. The van der Waals surface area contributed by atoms with Crippen molar-refractivity contribution in [2.24, 2.45) is 5.92 Å². The standard InChI is InChI=1S/C29H27N3O8S2/c1-2-40-28(37)17-3-7-18(8-4-17)32-25(35)22-21(16-5-9-19(33)10-6-16)24-27(41-23(22)26(32)36)31(29(38)42-24)15-20(34)30-11-13-39-14-12-30/h3-10,21-23,33H,2,11-15H2,1H3/t21-,22+,23-/m0/s1. The highest BCUT2D eigenvalue weighted by atomic mass is 32.2. The van der Waals surface area contributed by atoms with Crippen molar-refractivity contribution in [1.29, 1.82) is 0 Å². The average Bonchev–Trinajstić information content (AvgIpc) is 3.44. The molecule has 3 aliphatic heterocycles. The van der Waals surface area contributed by atoms with Crippen LogP contribution >= 0.6 is 23.1 Å². The van der Waals surface area contributed by atoms with E-state index in [4.69, 9.17) is 9.47 Å². The van der Waals surface area contributed by atoms with Crippen LogP contribution in [0, 0.1) is 5.92 Å².